The lowest BCUT2D eigenvalue weighted by Gasteiger charge is -2.22. The second kappa shape index (κ2) is 5.47. The van der Waals surface area contributed by atoms with E-state index < -0.39 is 0 Å². The van der Waals surface area contributed by atoms with Gasteiger partial charge < -0.3 is 10.1 Å². The van der Waals surface area contributed by atoms with E-state index in [-0.39, 0.29) is 0 Å². The molecule has 0 radical (unpaired) electrons. The number of aromatic nitrogens is 1. The van der Waals surface area contributed by atoms with Gasteiger partial charge in [-0.05, 0) is 53.8 Å². The quantitative estimate of drug-likeness (QED) is 0.915. The number of nitrogens with one attached hydrogen (secondary N) is 1. The Morgan fingerprint density at radius 2 is 2.27 bits per heavy atom. The molecule has 1 N–H and O–H groups in total. The molecule has 2 heterocycles. The van der Waals surface area contributed by atoms with E-state index in [1.807, 2.05) is 6.07 Å². The van der Waals surface area contributed by atoms with Crippen LogP contribution in [0.15, 0.2) is 22.9 Å². The van der Waals surface area contributed by atoms with Gasteiger partial charge in [0.25, 0.3) is 0 Å². The molecular weight excluding hydrogens is 256 g/mol. The predicted molar refractivity (Wildman–Crippen MR) is 63.0 cm³/mol. The van der Waals surface area contributed by atoms with Crippen LogP contribution in [0.4, 0.5) is 0 Å². The summed E-state index contributed by atoms with van der Waals surface area (Å²) in [4.78, 5) is 4.00. The molecule has 1 aromatic rings. The summed E-state index contributed by atoms with van der Waals surface area (Å²) >= 11 is 3.42. The van der Waals surface area contributed by atoms with Crippen molar-refractivity contribution < 1.29 is 4.74 Å². The fraction of sp³-hybridized carbons (Fsp3) is 0.545. The van der Waals surface area contributed by atoms with Crippen molar-refractivity contribution in [2.75, 3.05) is 19.7 Å². The van der Waals surface area contributed by atoms with Crippen molar-refractivity contribution in [1.29, 1.82) is 0 Å². The fourth-order valence-electron chi connectivity index (χ4n) is 1.74. The van der Waals surface area contributed by atoms with Gasteiger partial charge in [0.2, 0.25) is 0 Å². The molecule has 0 bridgehead atoms. The Hall–Kier alpha value is -0.610. The topological polar surface area (TPSA) is 34.1 Å². The monoisotopic (exact) mass is 270 g/mol. The minimum atomic E-state index is 0.686. The fourth-order valence-corrected chi connectivity index (χ4v) is 2.10. The molecule has 0 atom stereocenters. The molecule has 82 valence electrons. The summed E-state index contributed by atoms with van der Waals surface area (Å²) in [6, 6.07) is 1.89. The summed E-state index contributed by atoms with van der Waals surface area (Å²) in [7, 11) is 0. The molecule has 0 saturated carbocycles. The summed E-state index contributed by atoms with van der Waals surface area (Å²) in [5.74, 6) is 1.58. The van der Waals surface area contributed by atoms with Gasteiger partial charge in [-0.25, -0.2) is 0 Å². The van der Waals surface area contributed by atoms with Gasteiger partial charge in [0, 0.05) is 12.4 Å². The van der Waals surface area contributed by atoms with Crippen LogP contribution in [0.25, 0.3) is 0 Å². The number of nitrogens with zero attached hydrogens (tertiary/aromatic N) is 1. The van der Waals surface area contributed by atoms with Crippen molar-refractivity contribution in [3.63, 3.8) is 0 Å². The van der Waals surface area contributed by atoms with Crippen LogP contribution < -0.4 is 10.1 Å². The molecule has 1 aliphatic rings. The SMILES string of the molecule is Brc1cnccc1OCC1CCNCC1. The highest BCUT2D eigenvalue weighted by atomic mass is 79.9. The minimum absolute atomic E-state index is 0.686. The largest absolute Gasteiger partial charge is 0.492 e. The number of hydrogen-bond acceptors (Lipinski definition) is 3. The average Bonchev–Trinajstić information content (AvgIpc) is 2.29. The molecule has 1 aliphatic heterocycles. The Bertz CT molecular complexity index is 313. The molecule has 1 saturated heterocycles. The molecule has 2 rings (SSSR count). The highest BCUT2D eigenvalue weighted by Gasteiger charge is 2.13. The Morgan fingerprint density at radius 3 is 3.00 bits per heavy atom. The Labute approximate surface area is 98.4 Å². The van der Waals surface area contributed by atoms with Gasteiger partial charge in [0.05, 0.1) is 11.1 Å². The molecule has 0 amide bonds. The lowest BCUT2D eigenvalue weighted by Crippen LogP contribution is -2.30. The first-order chi connectivity index (χ1) is 7.36. The van der Waals surface area contributed by atoms with E-state index in [4.69, 9.17) is 4.74 Å². The first kappa shape index (κ1) is 10.9. The lowest BCUT2D eigenvalue weighted by molar-refractivity contribution is 0.214. The third-order valence-corrected chi connectivity index (χ3v) is 3.26. The van der Waals surface area contributed by atoms with E-state index in [0.717, 1.165) is 29.9 Å². The van der Waals surface area contributed by atoms with Gasteiger partial charge in [-0.3, -0.25) is 4.98 Å². The van der Waals surface area contributed by atoms with Crippen LogP contribution in [-0.2, 0) is 0 Å². The van der Waals surface area contributed by atoms with Crippen molar-refractivity contribution in [3.05, 3.63) is 22.9 Å². The summed E-state index contributed by atoms with van der Waals surface area (Å²) in [5.41, 5.74) is 0. The third kappa shape index (κ3) is 3.18. The molecule has 4 heteroatoms. The van der Waals surface area contributed by atoms with Crippen LogP contribution in [0.3, 0.4) is 0 Å². The average molecular weight is 271 g/mol. The Kier molecular flexibility index (Phi) is 3.97. The summed E-state index contributed by atoms with van der Waals surface area (Å²) in [6.45, 7) is 3.04. The zero-order valence-corrected chi connectivity index (χ0v) is 10.2. The summed E-state index contributed by atoms with van der Waals surface area (Å²) < 4.78 is 6.69. The van der Waals surface area contributed by atoms with Crippen LogP contribution in [0.1, 0.15) is 12.8 Å². The van der Waals surface area contributed by atoms with Crippen LogP contribution in [0, 0.1) is 5.92 Å². The summed E-state index contributed by atoms with van der Waals surface area (Å²) in [6.07, 6.45) is 5.94. The van der Waals surface area contributed by atoms with Crippen molar-refractivity contribution >= 4 is 15.9 Å². The molecule has 1 fully saturated rings. The van der Waals surface area contributed by atoms with Crippen LogP contribution in [0.5, 0.6) is 5.75 Å². The Balaban J connectivity index is 1.84. The van der Waals surface area contributed by atoms with Crippen molar-refractivity contribution in [3.8, 4) is 5.75 Å². The molecule has 0 unspecified atom stereocenters. The number of pyridine rings is 1. The maximum atomic E-state index is 5.76. The molecule has 0 aromatic carbocycles. The van der Waals surface area contributed by atoms with Gasteiger partial charge in [-0.15, -0.1) is 0 Å². The predicted octanol–water partition coefficient (Wildman–Crippen LogP) is 2.22. The van der Waals surface area contributed by atoms with Gasteiger partial charge in [0.1, 0.15) is 5.75 Å². The molecule has 1 aromatic heterocycles. The van der Waals surface area contributed by atoms with Gasteiger partial charge in [0.15, 0.2) is 0 Å². The highest BCUT2D eigenvalue weighted by molar-refractivity contribution is 9.10. The van der Waals surface area contributed by atoms with Crippen LogP contribution >= 0.6 is 15.9 Å². The maximum absolute atomic E-state index is 5.76. The van der Waals surface area contributed by atoms with Gasteiger partial charge in [-0.1, -0.05) is 0 Å². The number of rotatable bonds is 3. The molecule has 15 heavy (non-hydrogen) atoms. The normalized spacial score (nSPS) is 17.7. The highest BCUT2D eigenvalue weighted by Crippen LogP contribution is 2.24. The lowest BCUT2D eigenvalue weighted by atomic mass is 9.99. The van der Waals surface area contributed by atoms with Crippen molar-refractivity contribution in [2.24, 2.45) is 5.92 Å². The van der Waals surface area contributed by atoms with E-state index >= 15 is 0 Å². The Morgan fingerprint density at radius 1 is 1.47 bits per heavy atom. The molecular formula is C11H15BrN2O. The number of ether oxygens (including phenoxy) is 1. The van der Waals surface area contributed by atoms with E-state index in [1.54, 1.807) is 12.4 Å². The van der Waals surface area contributed by atoms with Gasteiger partial charge >= 0.3 is 0 Å². The zero-order valence-electron chi connectivity index (χ0n) is 8.58. The second-order valence-electron chi connectivity index (χ2n) is 3.81. The van der Waals surface area contributed by atoms with Crippen LogP contribution in [-0.4, -0.2) is 24.7 Å². The third-order valence-electron chi connectivity index (χ3n) is 2.67. The van der Waals surface area contributed by atoms with Crippen molar-refractivity contribution in [1.82, 2.24) is 10.3 Å². The first-order valence-corrected chi connectivity index (χ1v) is 6.08. The smallest absolute Gasteiger partial charge is 0.136 e. The molecule has 0 spiro atoms. The standard InChI is InChI=1S/C11H15BrN2O/c12-10-7-14-6-3-11(10)15-8-9-1-4-13-5-2-9/h3,6-7,9,13H,1-2,4-5,8H2. The van der Waals surface area contributed by atoms with Gasteiger partial charge in [-0.2, -0.15) is 0 Å². The number of piperidine rings is 1. The van der Waals surface area contributed by atoms with Crippen molar-refractivity contribution in [2.45, 2.75) is 12.8 Å². The molecule has 0 aliphatic carbocycles. The van der Waals surface area contributed by atoms with E-state index in [9.17, 15) is 0 Å². The maximum Gasteiger partial charge on any atom is 0.136 e. The van der Waals surface area contributed by atoms with E-state index in [2.05, 4.69) is 26.2 Å². The second-order valence-corrected chi connectivity index (χ2v) is 4.66. The number of hydrogen-bond donors (Lipinski definition) is 1. The molecule has 3 nitrogen and oxygen atoms in total. The summed E-state index contributed by atoms with van der Waals surface area (Å²) in [5, 5.41) is 3.35. The first-order valence-electron chi connectivity index (χ1n) is 5.29. The van der Waals surface area contributed by atoms with E-state index in [0.29, 0.717) is 5.92 Å². The minimum Gasteiger partial charge on any atom is -0.492 e. The zero-order chi connectivity index (χ0) is 10.5. The van der Waals surface area contributed by atoms with Crippen LogP contribution in [0.2, 0.25) is 0 Å². The van der Waals surface area contributed by atoms with E-state index in [1.165, 1.54) is 12.8 Å². The number of halogens is 1.